The Kier molecular flexibility index (Phi) is 5.55. The van der Waals surface area contributed by atoms with Crippen molar-refractivity contribution in [3.8, 4) is 0 Å². The van der Waals surface area contributed by atoms with Gasteiger partial charge in [-0.1, -0.05) is 30.3 Å². The summed E-state index contributed by atoms with van der Waals surface area (Å²) in [5.41, 5.74) is 2.62. The third-order valence-corrected chi connectivity index (χ3v) is 3.45. The van der Waals surface area contributed by atoms with Crippen molar-refractivity contribution >= 4 is 6.03 Å². The van der Waals surface area contributed by atoms with Crippen LogP contribution >= 0.6 is 0 Å². The molecule has 0 unspecified atom stereocenters. The molecule has 0 aliphatic carbocycles. The van der Waals surface area contributed by atoms with E-state index in [1.54, 1.807) is 11.9 Å². The van der Waals surface area contributed by atoms with Gasteiger partial charge in [0, 0.05) is 19.3 Å². The van der Waals surface area contributed by atoms with E-state index in [9.17, 15) is 9.90 Å². The van der Waals surface area contributed by atoms with Gasteiger partial charge < -0.3 is 15.3 Å². The van der Waals surface area contributed by atoms with Crippen molar-refractivity contribution in [2.24, 2.45) is 0 Å². The predicted octanol–water partition coefficient (Wildman–Crippen LogP) is 1.98. The molecule has 0 bridgehead atoms. The number of aromatic nitrogens is 2. The van der Waals surface area contributed by atoms with Gasteiger partial charge in [-0.15, -0.1) is 0 Å². The normalized spacial score (nSPS) is 12.0. The van der Waals surface area contributed by atoms with Crippen molar-refractivity contribution in [3.63, 3.8) is 0 Å². The SMILES string of the molecule is Cc1cc(CNC(=O)N(C)CC[C@@H](O)c2ccccc2)n[nH]1. The highest BCUT2D eigenvalue weighted by molar-refractivity contribution is 5.73. The summed E-state index contributed by atoms with van der Waals surface area (Å²) < 4.78 is 0. The number of nitrogens with zero attached hydrogens (tertiary/aromatic N) is 2. The van der Waals surface area contributed by atoms with Gasteiger partial charge in [-0.05, 0) is 25.0 Å². The third-order valence-electron chi connectivity index (χ3n) is 3.45. The molecule has 0 spiro atoms. The highest BCUT2D eigenvalue weighted by Gasteiger charge is 2.12. The summed E-state index contributed by atoms with van der Waals surface area (Å²) in [6.45, 7) is 2.77. The summed E-state index contributed by atoms with van der Waals surface area (Å²) in [5, 5.41) is 19.8. The van der Waals surface area contributed by atoms with Crippen LogP contribution in [0.4, 0.5) is 4.79 Å². The first kappa shape index (κ1) is 16.0. The number of aliphatic hydroxyl groups is 1. The van der Waals surface area contributed by atoms with Gasteiger partial charge in [-0.25, -0.2) is 4.79 Å². The number of carbonyl (C=O) groups excluding carboxylic acids is 1. The van der Waals surface area contributed by atoms with Crippen LogP contribution in [0.25, 0.3) is 0 Å². The second-order valence-corrected chi connectivity index (χ2v) is 5.34. The van der Waals surface area contributed by atoms with E-state index in [0.29, 0.717) is 19.5 Å². The minimum Gasteiger partial charge on any atom is -0.388 e. The topological polar surface area (TPSA) is 81.2 Å². The molecule has 0 aliphatic heterocycles. The summed E-state index contributed by atoms with van der Waals surface area (Å²) >= 11 is 0. The molecule has 3 N–H and O–H groups in total. The number of urea groups is 1. The highest BCUT2D eigenvalue weighted by Crippen LogP contribution is 2.15. The molecule has 0 aliphatic rings. The van der Waals surface area contributed by atoms with Gasteiger partial charge >= 0.3 is 6.03 Å². The fraction of sp³-hybridized carbons (Fsp3) is 0.375. The van der Waals surface area contributed by atoms with E-state index in [1.165, 1.54) is 0 Å². The van der Waals surface area contributed by atoms with E-state index >= 15 is 0 Å². The lowest BCUT2D eigenvalue weighted by Gasteiger charge is -2.19. The van der Waals surface area contributed by atoms with Gasteiger partial charge in [0.15, 0.2) is 0 Å². The lowest BCUT2D eigenvalue weighted by atomic mass is 10.1. The highest BCUT2D eigenvalue weighted by atomic mass is 16.3. The fourth-order valence-corrected chi connectivity index (χ4v) is 2.13. The van der Waals surface area contributed by atoms with Crippen LogP contribution < -0.4 is 5.32 Å². The number of benzene rings is 1. The lowest BCUT2D eigenvalue weighted by molar-refractivity contribution is 0.150. The summed E-state index contributed by atoms with van der Waals surface area (Å²) in [5.74, 6) is 0. The third kappa shape index (κ3) is 4.60. The van der Waals surface area contributed by atoms with E-state index in [0.717, 1.165) is 17.0 Å². The average molecular weight is 302 g/mol. The predicted molar refractivity (Wildman–Crippen MR) is 84.2 cm³/mol. The van der Waals surface area contributed by atoms with Gasteiger partial charge in [-0.2, -0.15) is 5.10 Å². The number of hydrogen-bond donors (Lipinski definition) is 3. The van der Waals surface area contributed by atoms with Gasteiger partial charge in [0.1, 0.15) is 0 Å². The monoisotopic (exact) mass is 302 g/mol. The van der Waals surface area contributed by atoms with Crippen molar-refractivity contribution in [2.75, 3.05) is 13.6 Å². The molecule has 1 heterocycles. The van der Waals surface area contributed by atoms with E-state index in [2.05, 4.69) is 15.5 Å². The summed E-state index contributed by atoms with van der Waals surface area (Å²) in [4.78, 5) is 13.5. The van der Waals surface area contributed by atoms with Crippen molar-refractivity contribution < 1.29 is 9.90 Å². The first-order chi connectivity index (χ1) is 10.6. The van der Waals surface area contributed by atoms with Crippen LogP contribution in [0.5, 0.6) is 0 Å². The molecule has 1 aromatic carbocycles. The Morgan fingerprint density at radius 2 is 2.14 bits per heavy atom. The van der Waals surface area contributed by atoms with Crippen LogP contribution in [0.3, 0.4) is 0 Å². The summed E-state index contributed by atoms with van der Waals surface area (Å²) in [6.07, 6.45) is -0.0689. The van der Waals surface area contributed by atoms with E-state index in [1.807, 2.05) is 43.3 Å². The smallest absolute Gasteiger partial charge is 0.317 e. The van der Waals surface area contributed by atoms with Crippen LogP contribution in [0.1, 0.15) is 29.5 Å². The van der Waals surface area contributed by atoms with Crippen LogP contribution in [-0.2, 0) is 6.54 Å². The molecular formula is C16H22N4O2. The minimum absolute atomic E-state index is 0.180. The number of nitrogens with one attached hydrogen (secondary N) is 2. The molecule has 2 rings (SSSR count). The number of rotatable bonds is 6. The Hall–Kier alpha value is -2.34. The molecule has 118 valence electrons. The number of aromatic amines is 1. The van der Waals surface area contributed by atoms with E-state index in [4.69, 9.17) is 0 Å². The molecule has 0 fully saturated rings. The fourth-order valence-electron chi connectivity index (χ4n) is 2.13. The Morgan fingerprint density at radius 1 is 1.41 bits per heavy atom. The van der Waals surface area contributed by atoms with E-state index in [-0.39, 0.29) is 6.03 Å². The minimum atomic E-state index is -0.564. The first-order valence-corrected chi connectivity index (χ1v) is 7.29. The maximum absolute atomic E-state index is 12.0. The van der Waals surface area contributed by atoms with Gasteiger partial charge in [0.05, 0.1) is 18.3 Å². The summed E-state index contributed by atoms with van der Waals surface area (Å²) in [7, 11) is 1.71. The molecule has 2 aromatic rings. The zero-order valence-electron chi connectivity index (χ0n) is 12.9. The molecule has 1 aromatic heterocycles. The number of amides is 2. The van der Waals surface area contributed by atoms with Gasteiger partial charge in [0.25, 0.3) is 0 Å². The molecule has 2 amide bonds. The molecule has 1 atom stereocenters. The van der Waals surface area contributed by atoms with Crippen molar-refractivity contribution in [3.05, 3.63) is 53.3 Å². The maximum atomic E-state index is 12.0. The van der Waals surface area contributed by atoms with Gasteiger partial charge in [-0.3, -0.25) is 5.10 Å². The van der Waals surface area contributed by atoms with Crippen LogP contribution in [0.15, 0.2) is 36.4 Å². The molecule has 0 radical (unpaired) electrons. The Morgan fingerprint density at radius 3 is 2.77 bits per heavy atom. The van der Waals surface area contributed by atoms with E-state index < -0.39 is 6.10 Å². The second kappa shape index (κ2) is 7.61. The van der Waals surface area contributed by atoms with Gasteiger partial charge in [0.2, 0.25) is 0 Å². The standard InChI is InChI=1S/C16H22N4O2/c1-12-10-14(19-18-12)11-17-16(22)20(2)9-8-15(21)13-6-4-3-5-7-13/h3-7,10,15,21H,8-9,11H2,1-2H3,(H,17,22)(H,18,19)/t15-/m1/s1. The van der Waals surface area contributed by atoms with Crippen LogP contribution in [-0.4, -0.2) is 39.8 Å². The quantitative estimate of drug-likeness (QED) is 0.763. The zero-order valence-corrected chi connectivity index (χ0v) is 12.9. The largest absolute Gasteiger partial charge is 0.388 e. The Bertz CT molecular complexity index is 597. The number of H-pyrrole nitrogens is 1. The molecule has 6 nitrogen and oxygen atoms in total. The van der Waals surface area contributed by atoms with Crippen LogP contribution in [0.2, 0.25) is 0 Å². The van der Waals surface area contributed by atoms with Crippen LogP contribution in [0, 0.1) is 6.92 Å². The van der Waals surface area contributed by atoms with Crippen molar-refractivity contribution in [1.82, 2.24) is 20.4 Å². The molecule has 0 saturated heterocycles. The Labute approximate surface area is 130 Å². The molecule has 22 heavy (non-hydrogen) atoms. The summed E-state index contributed by atoms with van der Waals surface area (Å²) in [6, 6.07) is 11.2. The van der Waals surface area contributed by atoms with Crippen molar-refractivity contribution in [2.45, 2.75) is 26.0 Å². The maximum Gasteiger partial charge on any atom is 0.317 e. The number of carbonyl (C=O) groups is 1. The Balaban J connectivity index is 1.74. The van der Waals surface area contributed by atoms with Crippen molar-refractivity contribution in [1.29, 1.82) is 0 Å². The molecule has 6 heteroatoms. The second-order valence-electron chi connectivity index (χ2n) is 5.34. The number of aryl methyl sites for hydroxylation is 1. The number of hydrogen-bond acceptors (Lipinski definition) is 3. The molecular weight excluding hydrogens is 280 g/mol. The first-order valence-electron chi connectivity index (χ1n) is 7.29. The molecule has 0 saturated carbocycles. The number of aliphatic hydroxyl groups excluding tert-OH is 1. The lowest BCUT2D eigenvalue weighted by Crippen LogP contribution is -2.37. The average Bonchev–Trinajstić information content (AvgIpc) is 2.96. The zero-order chi connectivity index (χ0) is 15.9.